The zero-order chi connectivity index (χ0) is 21.3. The minimum Gasteiger partial charge on any atom is -0.497 e. The number of carbonyl (C=O) groups is 3. The van der Waals surface area contributed by atoms with Crippen LogP contribution in [0, 0.1) is 0 Å². The van der Waals surface area contributed by atoms with E-state index in [4.69, 9.17) is 4.74 Å². The number of amides is 3. The Morgan fingerprint density at radius 3 is 2.40 bits per heavy atom. The molecule has 0 radical (unpaired) electrons. The zero-order valence-electron chi connectivity index (χ0n) is 16.6. The van der Waals surface area contributed by atoms with E-state index < -0.39 is 23.9 Å². The molecule has 0 aromatic heterocycles. The van der Waals surface area contributed by atoms with Crippen molar-refractivity contribution in [3.8, 4) is 5.75 Å². The molecule has 2 aliphatic heterocycles. The highest BCUT2D eigenvalue weighted by Gasteiger charge is 2.55. The summed E-state index contributed by atoms with van der Waals surface area (Å²) in [4.78, 5) is 39.2. The number of benzene rings is 2. The molecule has 3 amide bonds. The lowest BCUT2D eigenvalue weighted by Crippen LogP contribution is -2.43. The molecule has 2 aromatic rings. The summed E-state index contributed by atoms with van der Waals surface area (Å²) in [6, 6.07) is 12.2. The number of anilines is 2. The van der Waals surface area contributed by atoms with Crippen LogP contribution in [0.3, 0.4) is 0 Å². The number of hydrogen-bond donors (Lipinski definition) is 1. The number of methoxy groups -OCH3 is 1. The second-order valence-corrected chi connectivity index (χ2v) is 7.00. The quantitative estimate of drug-likeness (QED) is 0.740. The normalized spacial score (nSPS) is 19.9. The number of aryl methyl sites for hydroxylation is 1. The molecule has 2 aliphatic rings. The van der Waals surface area contributed by atoms with Gasteiger partial charge >= 0.3 is 0 Å². The van der Waals surface area contributed by atoms with Gasteiger partial charge in [-0.05, 0) is 48.4 Å². The molecular formula is C21H21N5O4. The number of hydrogen-bond acceptors (Lipinski definition) is 7. The van der Waals surface area contributed by atoms with Crippen LogP contribution in [0.1, 0.15) is 12.5 Å². The maximum absolute atomic E-state index is 13.0. The van der Waals surface area contributed by atoms with Crippen LogP contribution >= 0.6 is 0 Å². The molecule has 0 aliphatic carbocycles. The smallest absolute Gasteiger partial charge is 0.263 e. The molecule has 2 heterocycles. The van der Waals surface area contributed by atoms with Crippen molar-refractivity contribution in [3.63, 3.8) is 0 Å². The third-order valence-corrected chi connectivity index (χ3v) is 5.14. The van der Waals surface area contributed by atoms with Crippen molar-refractivity contribution in [3.05, 3.63) is 54.1 Å². The van der Waals surface area contributed by atoms with Gasteiger partial charge < -0.3 is 10.1 Å². The molecule has 4 rings (SSSR count). The third-order valence-electron chi connectivity index (χ3n) is 5.14. The molecule has 1 saturated heterocycles. The Morgan fingerprint density at radius 1 is 1.07 bits per heavy atom. The van der Waals surface area contributed by atoms with Crippen LogP contribution in [-0.2, 0) is 20.8 Å². The molecule has 9 nitrogen and oxygen atoms in total. The molecule has 30 heavy (non-hydrogen) atoms. The summed E-state index contributed by atoms with van der Waals surface area (Å²) in [6.45, 7) is 1.87. The molecule has 2 aromatic carbocycles. The molecule has 0 bridgehead atoms. The fourth-order valence-electron chi connectivity index (χ4n) is 3.51. The molecular weight excluding hydrogens is 386 g/mol. The Labute approximate surface area is 173 Å². The van der Waals surface area contributed by atoms with Gasteiger partial charge in [0.15, 0.2) is 12.1 Å². The van der Waals surface area contributed by atoms with Gasteiger partial charge in [-0.1, -0.05) is 24.3 Å². The zero-order valence-corrected chi connectivity index (χ0v) is 16.6. The van der Waals surface area contributed by atoms with E-state index >= 15 is 0 Å². The van der Waals surface area contributed by atoms with Gasteiger partial charge in [0.25, 0.3) is 11.8 Å². The predicted octanol–water partition coefficient (Wildman–Crippen LogP) is 2.19. The number of fused-ring (bicyclic) bond motifs is 1. The first-order chi connectivity index (χ1) is 14.5. The minimum absolute atomic E-state index is 0.185. The molecule has 9 heteroatoms. The SMILES string of the molecule is CCc1ccc(NC(=O)CN2N=N[C@H]3C(=O)N(c4ccc(OC)cc4)C(=O)[C@H]32)cc1. The first kappa shape index (κ1) is 19.6. The van der Waals surface area contributed by atoms with E-state index in [1.165, 1.54) is 12.1 Å². The fourth-order valence-corrected chi connectivity index (χ4v) is 3.51. The van der Waals surface area contributed by atoms with Gasteiger partial charge in [0.05, 0.1) is 12.8 Å². The van der Waals surface area contributed by atoms with Crippen molar-refractivity contribution in [2.75, 3.05) is 23.9 Å². The van der Waals surface area contributed by atoms with Gasteiger partial charge in [-0.2, -0.15) is 5.11 Å². The summed E-state index contributed by atoms with van der Waals surface area (Å²) in [6.07, 6.45) is 0.909. The minimum atomic E-state index is -0.948. The summed E-state index contributed by atoms with van der Waals surface area (Å²) >= 11 is 0. The Kier molecular flexibility index (Phi) is 5.18. The number of rotatable bonds is 6. The summed E-state index contributed by atoms with van der Waals surface area (Å²) in [7, 11) is 1.53. The molecule has 2 atom stereocenters. The molecule has 0 saturated carbocycles. The van der Waals surface area contributed by atoms with Crippen molar-refractivity contribution in [1.29, 1.82) is 0 Å². The molecule has 154 valence electrons. The summed E-state index contributed by atoms with van der Waals surface area (Å²) in [5.41, 5.74) is 2.24. The van der Waals surface area contributed by atoms with E-state index in [2.05, 4.69) is 22.6 Å². The van der Waals surface area contributed by atoms with E-state index in [0.717, 1.165) is 16.9 Å². The Balaban J connectivity index is 1.45. The van der Waals surface area contributed by atoms with Crippen molar-refractivity contribution in [1.82, 2.24) is 5.01 Å². The average Bonchev–Trinajstić information content (AvgIpc) is 3.28. The van der Waals surface area contributed by atoms with Gasteiger partial charge in [-0.15, -0.1) is 0 Å². The number of nitrogens with one attached hydrogen (secondary N) is 1. The lowest BCUT2D eigenvalue weighted by Gasteiger charge is -2.20. The second kappa shape index (κ2) is 7.94. The molecule has 0 spiro atoms. The average molecular weight is 407 g/mol. The maximum Gasteiger partial charge on any atom is 0.263 e. The highest BCUT2D eigenvalue weighted by atomic mass is 16.5. The number of carbonyl (C=O) groups excluding carboxylic acids is 3. The van der Waals surface area contributed by atoms with E-state index in [0.29, 0.717) is 17.1 Å². The van der Waals surface area contributed by atoms with Crippen LogP contribution in [-0.4, -0.2) is 48.5 Å². The Bertz CT molecular complexity index is 1000. The van der Waals surface area contributed by atoms with E-state index in [-0.39, 0.29) is 12.5 Å². The molecule has 0 unspecified atom stereocenters. The van der Waals surface area contributed by atoms with Crippen molar-refractivity contribution in [2.24, 2.45) is 10.3 Å². The number of nitrogens with zero attached hydrogens (tertiary/aromatic N) is 4. The number of imide groups is 1. The van der Waals surface area contributed by atoms with Crippen LogP contribution < -0.4 is 15.0 Å². The van der Waals surface area contributed by atoms with Gasteiger partial charge in [0, 0.05) is 5.69 Å². The highest BCUT2D eigenvalue weighted by Crippen LogP contribution is 2.32. The third kappa shape index (κ3) is 3.49. The fraction of sp³-hybridized carbons (Fsp3) is 0.286. The van der Waals surface area contributed by atoms with Crippen molar-refractivity contribution in [2.45, 2.75) is 25.4 Å². The van der Waals surface area contributed by atoms with Crippen LogP contribution in [0.4, 0.5) is 11.4 Å². The second-order valence-electron chi connectivity index (χ2n) is 7.00. The largest absolute Gasteiger partial charge is 0.497 e. The van der Waals surface area contributed by atoms with E-state index in [1.807, 2.05) is 24.3 Å². The summed E-state index contributed by atoms with van der Waals surface area (Å²) in [5, 5.41) is 11.9. The predicted molar refractivity (Wildman–Crippen MR) is 109 cm³/mol. The van der Waals surface area contributed by atoms with Crippen molar-refractivity contribution < 1.29 is 19.1 Å². The monoisotopic (exact) mass is 407 g/mol. The lowest BCUT2D eigenvalue weighted by atomic mass is 10.1. The van der Waals surface area contributed by atoms with Gasteiger partial charge in [0.1, 0.15) is 12.3 Å². The van der Waals surface area contributed by atoms with E-state index in [1.54, 1.807) is 24.3 Å². The standard InChI is InChI=1S/C21H21N5O4/c1-3-13-4-6-14(7-5-13)22-17(27)12-25-19-18(23-24-25)20(28)26(21(19)29)15-8-10-16(30-2)11-9-15/h4-11,18-19H,3,12H2,1-2H3,(H,22,27)/t18-,19+/m1/s1. The number of ether oxygens (including phenoxy) is 1. The molecule has 1 fully saturated rings. The van der Waals surface area contributed by atoms with Crippen LogP contribution in [0.25, 0.3) is 0 Å². The first-order valence-electron chi connectivity index (χ1n) is 9.60. The summed E-state index contributed by atoms with van der Waals surface area (Å²) < 4.78 is 5.11. The van der Waals surface area contributed by atoms with E-state index in [9.17, 15) is 14.4 Å². The topological polar surface area (TPSA) is 104 Å². The van der Waals surface area contributed by atoms with Crippen LogP contribution in [0.15, 0.2) is 58.9 Å². The highest BCUT2D eigenvalue weighted by molar-refractivity contribution is 6.25. The Hall–Kier alpha value is -3.75. The lowest BCUT2D eigenvalue weighted by molar-refractivity contribution is -0.123. The Morgan fingerprint density at radius 2 is 1.77 bits per heavy atom. The van der Waals surface area contributed by atoms with Crippen molar-refractivity contribution >= 4 is 29.1 Å². The van der Waals surface area contributed by atoms with Gasteiger partial charge in [-0.3, -0.25) is 19.4 Å². The maximum atomic E-state index is 13.0. The van der Waals surface area contributed by atoms with Gasteiger partial charge in [-0.25, -0.2) is 4.90 Å². The molecule has 1 N–H and O–H groups in total. The first-order valence-corrected chi connectivity index (χ1v) is 9.60. The summed E-state index contributed by atoms with van der Waals surface area (Å²) in [5.74, 6) is -0.651. The van der Waals surface area contributed by atoms with Crippen LogP contribution in [0.5, 0.6) is 5.75 Å². The van der Waals surface area contributed by atoms with Gasteiger partial charge in [0.2, 0.25) is 5.91 Å². The van der Waals surface area contributed by atoms with Crippen LogP contribution in [0.2, 0.25) is 0 Å².